The third kappa shape index (κ3) is 2.70. The lowest BCUT2D eigenvalue weighted by Crippen LogP contribution is -2.13. The molecule has 0 aliphatic heterocycles. The standard InChI is InChI=1S/C10H12ClNO4/c1-15-8-4-7(13)9(16-2)3-6(8)12-10(14)5-11/h3-4,13H,5H2,1-2H3,(H,12,14). The summed E-state index contributed by atoms with van der Waals surface area (Å²) >= 11 is 5.37. The molecule has 1 aromatic carbocycles. The molecule has 0 atom stereocenters. The SMILES string of the molecule is COc1cc(NC(=O)CCl)c(OC)cc1O. The lowest BCUT2D eigenvalue weighted by molar-refractivity contribution is -0.113. The molecule has 0 fully saturated rings. The minimum Gasteiger partial charge on any atom is -0.504 e. The van der Waals surface area contributed by atoms with Crippen molar-refractivity contribution in [1.29, 1.82) is 0 Å². The second-order valence-electron chi connectivity index (χ2n) is 2.91. The number of methoxy groups -OCH3 is 2. The highest BCUT2D eigenvalue weighted by Crippen LogP contribution is 2.36. The minimum absolute atomic E-state index is 0.0665. The summed E-state index contributed by atoms with van der Waals surface area (Å²) in [5, 5.41) is 12.0. The van der Waals surface area contributed by atoms with Crippen molar-refractivity contribution >= 4 is 23.2 Å². The Morgan fingerprint density at radius 3 is 2.50 bits per heavy atom. The van der Waals surface area contributed by atoms with E-state index in [0.717, 1.165) is 0 Å². The van der Waals surface area contributed by atoms with Crippen LogP contribution >= 0.6 is 11.6 Å². The van der Waals surface area contributed by atoms with Gasteiger partial charge in [-0.25, -0.2) is 0 Å². The van der Waals surface area contributed by atoms with Gasteiger partial charge >= 0.3 is 0 Å². The third-order valence-corrected chi connectivity index (χ3v) is 2.14. The first-order chi connectivity index (χ1) is 7.62. The molecule has 6 heteroatoms. The summed E-state index contributed by atoms with van der Waals surface area (Å²) in [5.74, 6) is -0.0230. The maximum Gasteiger partial charge on any atom is 0.239 e. The number of carbonyl (C=O) groups is 1. The molecule has 0 saturated carbocycles. The average molecular weight is 246 g/mol. The number of aromatic hydroxyl groups is 1. The second kappa shape index (κ2) is 5.46. The predicted molar refractivity (Wildman–Crippen MR) is 60.6 cm³/mol. The highest BCUT2D eigenvalue weighted by molar-refractivity contribution is 6.29. The van der Waals surface area contributed by atoms with E-state index >= 15 is 0 Å². The quantitative estimate of drug-likeness (QED) is 0.624. The Hall–Kier alpha value is -1.62. The van der Waals surface area contributed by atoms with E-state index in [4.69, 9.17) is 21.1 Å². The van der Waals surface area contributed by atoms with Gasteiger partial charge in [0.25, 0.3) is 0 Å². The Morgan fingerprint density at radius 2 is 2.00 bits per heavy atom. The van der Waals surface area contributed by atoms with E-state index in [1.165, 1.54) is 26.4 Å². The van der Waals surface area contributed by atoms with Crippen molar-refractivity contribution in [3.05, 3.63) is 12.1 Å². The van der Waals surface area contributed by atoms with Crippen LogP contribution in [-0.4, -0.2) is 31.1 Å². The number of ether oxygens (including phenoxy) is 2. The van der Waals surface area contributed by atoms with Crippen LogP contribution in [0.5, 0.6) is 17.2 Å². The number of anilines is 1. The lowest BCUT2D eigenvalue weighted by atomic mass is 10.2. The summed E-state index contributed by atoms with van der Waals surface area (Å²) in [6, 6.07) is 2.81. The zero-order valence-corrected chi connectivity index (χ0v) is 9.67. The Bertz CT molecular complexity index is 395. The summed E-state index contributed by atoms with van der Waals surface area (Å²) in [4.78, 5) is 11.1. The number of alkyl halides is 1. The molecule has 5 nitrogen and oxygen atoms in total. The average Bonchev–Trinajstić information content (AvgIpc) is 2.30. The van der Waals surface area contributed by atoms with Gasteiger partial charge in [0.15, 0.2) is 11.5 Å². The molecular weight excluding hydrogens is 234 g/mol. The molecule has 0 spiro atoms. The molecule has 1 amide bonds. The molecule has 0 aliphatic carbocycles. The van der Waals surface area contributed by atoms with E-state index in [0.29, 0.717) is 11.4 Å². The number of rotatable bonds is 4. The number of carbonyl (C=O) groups excluding carboxylic acids is 1. The zero-order valence-electron chi connectivity index (χ0n) is 8.91. The molecule has 1 rings (SSSR count). The van der Waals surface area contributed by atoms with E-state index < -0.39 is 0 Å². The van der Waals surface area contributed by atoms with E-state index in [1.54, 1.807) is 0 Å². The Morgan fingerprint density at radius 1 is 1.38 bits per heavy atom. The van der Waals surface area contributed by atoms with Crippen molar-refractivity contribution in [3.63, 3.8) is 0 Å². The van der Waals surface area contributed by atoms with Gasteiger partial charge in [0.05, 0.1) is 19.9 Å². The molecule has 0 radical (unpaired) electrons. The summed E-state index contributed by atoms with van der Waals surface area (Å²) < 4.78 is 9.91. The van der Waals surface area contributed by atoms with Crippen LogP contribution in [0.2, 0.25) is 0 Å². The highest BCUT2D eigenvalue weighted by atomic mass is 35.5. The lowest BCUT2D eigenvalue weighted by Gasteiger charge is -2.12. The fourth-order valence-electron chi connectivity index (χ4n) is 1.16. The van der Waals surface area contributed by atoms with E-state index in [9.17, 15) is 9.90 Å². The first-order valence-corrected chi connectivity index (χ1v) is 4.96. The fraction of sp³-hybridized carbons (Fsp3) is 0.300. The first kappa shape index (κ1) is 12.4. The number of amides is 1. The van der Waals surface area contributed by atoms with Gasteiger partial charge in [-0.3, -0.25) is 4.79 Å². The van der Waals surface area contributed by atoms with Crippen LogP contribution in [0.1, 0.15) is 0 Å². The van der Waals surface area contributed by atoms with Gasteiger partial charge in [0.2, 0.25) is 5.91 Å². The largest absolute Gasteiger partial charge is 0.504 e. The molecule has 0 saturated heterocycles. The highest BCUT2D eigenvalue weighted by Gasteiger charge is 2.12. The molecule has 1 aromatic rings. The topological polar surface area (TPSA) is 67.8 Å². The van der Waals surface area contributed by atoms with Crippen molar-refractivity contribution in [2.75, 3.05) is 25.4 Å². The van der Waals surface area contributed by atoms with E-state index in [2.05, 4.69) is 5.32 Å². The molecule has 88 valence electrons. The first-order valence-electron chi connectivity index (χ1n) is 4.43. The van der Waals surface area contributed by atoms with Crippen molar-refractivity contribution in [3.8, 4) is 17.2 Å². The smallest absolute Gasteiger partial charge is 0.239 e. The Labute approximate surface area is 97.9 Å². The van der Waals surface area contributed by atoms with Gasteiger partial charge in [-0.15, -0.1) is 11.6 Å². The molecule has 2 N–H and O–H groups in total. The van der Waals surface area contributed by atoms with Gasteiger partial charge in [0, 0.05) is 12.1 Å². The molecule has 0 heterocycles. The van der Waals surface area contributed by atoms with E-state index in [1.807, 2.05) is 0 Å². The number of benzene rings is 1. The molecule has 16 heavy (non-hydrogen) atoms. The molecule has 0 aliphatic rings. The monoisotopic (exact) mass is 245 g/mol. The number of halogens is 1. The van der Waals surface area contributed by atoms with Gasteiger partial charge in [-0.05, 0) is 0 Å². The minimum atomic E-state index is -0.368. The number of nitrogens with one attached hydrogen (secondary N) is 1. The van der Waals surface area contributed by atoms with Crippen molar-refractivity contribution < 1.29 is 19.4 Å². The fourth-order valence-corrected chi connectivity index (χ4v) is 1.23. The number of phenols is 1. The van der Waals surface area contributed by atoms with Crippen LogP contribution in [-0.2, 0) is 4.79 Å². The Kier molecular flexibility index (Phi) is 4.25. The number of hydrogen-bond acceptors (Lipinski definition) is 4. The number of phenolic OH excluding ortho intramolecular Hbond substituents is 1. The van der Waals surface area contributed by atoms with E-state index in [-0.39, 0.29) is 23.3 Å². The van der Waals surface area contributed by atoms with Crippen LogP contribution in [0.4, 0.5) is 5.69 Å². The Balaban J connectivity index is 3.09. The summed E-state index contributed by atoms with van der Waals surface area (Å²) in [6.07, 6.45) is 0. The summed E-state index contributed by atoms with van der Waals surface area (Å²) in [5.41, 5.74) is 0.391. The predicted octanol–water partition coefficient (Wildman–Crippen LogP) is 1.59. The number of hydrogen-bond donors (Lipinski definition) is 2. The molecule has 0 bridgehead atoms. The van der Waals surface area contributed by atoms with Gasteiger partial charge in [-0.1, -0.05) is 0 Å². The zero-order chi connectivity index (χ0) is 12.1. The van der Waals surface area contributed by atoms with Crippen LogP contribution < -0.4 is 14.8 Å². The molecule has 0 aromatic heterocycles. The van der Waals surface area contributed by atoms with Crippen LogP contribution in [0.3, 0.4) is 0 Å². The maximum atomic E-state index is 11.1. The van der Waals surface area contributed by atoms with Crippen molar-refractivity contribution in [2.45, 2.75) is 0 Å². The van der Waals surface area contributed by atoms with Crippen LogP contribution in [0.15, 0.2) is 12.1 Å². The van der Waals surface area contributed by atoms with Crippen LogP contribution in [0, 0.1) is 0 Å². The van der Waals surface area contributed by atoms with Gasteiger partial charge < -0.3 is 19.9 Å². The van der Waals surface area contributed by atoms with Crippen molar-refractivity contribution in [1.82, 2.24) is 0 Å². The summed E-state index contributed by atoms with van der Waals surface area (Å²) in [6.45, 7) is 0. The molecular formula is C10H12ClNO4. The normalized spacial score (nSPS) is 9.69. The third-order valence-electron chi connectivity index (χ3n) is 1.90. The maximum absolute atomic E-state index is 11.1. The van der Waals surface area contributed by atoms with Gasteiger partial charge in [0.1, 0.15) is 11.6 Å². The van der Waals surface area contributed by atoms with Crippen LogP contribution in [0.25, 0.3) is 0 Å². The molecule has 0 unspecified atom stereocenters. The van der Waals surface area contributed by atoms with Gasteiger partial charge in [-0.2, -0.15) is 0 Å². The van der Waals surface area contributed by atoms with Crippen molar-refractivity contribution in [2.24, 2.45) is 0 Å². The summed E-state index contributed by atoms with van der Waals surface area (Å²) in [7, 11) is 2.84. The second-order valence-corrected chi connectivity index (χ2v) is 3.17.